The van der Waals surface area contributed by atoms with Crippen molar-refractivity contribution >= 4 is 45.2 Å². The molecular formula is C25H28BrN5O3S. The molecule has 0 aliphatic rings. The minimum Gasteiger partial charge on any atom is -0.471 e. The summed E-state index contributed by atoms with van der Waals surface area (Å²) in [4.78, 5) is 31.3. The quantitative estimate of drug-likeness (QED) is 0.167. The number of carbonyl (C=O) groups is 1. The zero-order valence-electron chi connectivity index (χ0n) is 20.5. The third-order valence-corrected chi connectivity index (χ3v) is 6.11. The van der Waals surface area contributed by atoms with Crippen LogP contribution in [0.25, 0.3) is 11.3 Å². The number of hydrogen-bond donors (Lipinski definition) is 1. The van der Waals surface area contributed by atoms with Crippen molar-refractivity contribution in [2.45, 2.75) is 53.8 Å². The number of rotatable bonds is 8. The molecule has 1 aromatic carbocycles. The van der Waals surface area contributed by atoms with E-state index in [0.29, 0.717) is 39.8 Å². The molecule has 1 N–H and O–H groups in total. The molecule has 0 spiro atoms. The van der Waals surface area contributed by atoms with E-state index in [1.165, 1.54) is 4.90 Å². The van der Waals surface area contributed by atoms with E-state index in [-0.39, 0.29) is 6.61 Å². The van der Waals surface area contributed by atoms with Crippen LogP contribution in [0.5, 0.6) is 0 Å². The van der Waals surface area contributed by atoms with Crippen molar-refractivity contribution in [1.29, 1.82) is 0 Å². The number of carbonyl (C=O) groups excluding carboxylic acids is 1. The summed E-state index contributed by atoms with van der Waals surface area (Å²) in [5.41, 5.74) is 2.57. The summed E-state index contributed by atoms with van der Waals surface area (Å²) in [5.74, 6) is 1.11. The summed E-state index contributed by atoms with van der Waals surface area (Å²) < 4.78 is 6.56. The molecule has 0 fully saturated rings. The first kappa shape index (κ1) is 26.7. The molecule has 0 saturated carbocycles. The SMILES string of the molecule is C/C(=N/C(OCc1csc(C)n1)=C(\C)Br)N(C=O)c1cccc(-c2nc(C(C)(C)O)ncc2C)c1. The first-order valence-corrected chi connectivity index (χ1v) is 12.5. The van der Waals surface area contributed by atoms with Gasteiger partial charge in [0.2, 0.25) is 12.3 Å². The number of anilines is 1. The molecule has 0 saturated heterocycles. The topological polar surface area (TPSA) is 101 Å². The Morgan fingerprint density at radius 3 is 2.63 bits per heavy atom. The number of amidine groups is 1. The lowest BCUT2D eigenvalue weighted by molar-refractivity contribution is -0.106. The van der Waals surface area contributed by atoms with Crippen LogP contribution >= 0.6 is 27.3 Å². The Hall–Kier alpha value is -2.95. The minimum atomic E-state index is -1.17. The van der Waals surface area contributed by atoms with Crippen LogP contribution in [0.15, 0.2) is 51.2 Å². The van der Waals surface area contributed by atoms with Gasteiger partial charge in [-0.25, -0.2) is 15.0 Å². The normalized spacial score (nSPS) is 12.9. The molecule has 0 aliphatic carbocycles. The molecular weight excluding hydrogens is 530 g/mol. The average Bonchev–Trinajstić information content (AvgIpc) is 3.21. The Balaban J connectivity index is 1.91. The fourth-order valence-electron chi connectivity index (χ4n) is 3.18. The summed E-state index contributed by atoms with van der Waals surface area (Å²) >= 11 is 4.99. The zero-order chi connectivity index (χ0) is 25.8. The summed E-state index contributed by atoms with van der Waals surface area (Å²) in [6, 6.07) is 7.40. The van der Waals surface area contributed by atoms with Crippen molar-refractivity contribution in [2.24, 2.45) is 4.99 Å². The van der Waals surface area contributed by atoms with Gasteiger partial charge in [0.15, 0.2) is 5.82 Å². The van der Waals surface area contributed by atoms with Gasteiger partial charge < -0.3 is 9.84 Å². The fourth-order valence-corrected chi connectivity index (χ4v) is 3.98. The number of ether oxygens (including phenoxy) is 1. The molecule has 0 bridgehead atoms. The Morgan fingerprint density at radius 1 is 1.29 bits per heavy atom. The predicted octanol–water partition coefficient (Wildman–Crippen LogP) is 5.63. The van der Waals surface area contributed by atoms with Crippen LogP contribution in [0.2, 0.25) is 0 Å². The van der Waals surface area contributed by atoms with E-state index >= 15 is 0 Å². The van der Waals surface area contributed by atoms with Gasteiger partial charge in [0.25, 0.3) is 0 Å². The average molecular weight is 559 g/mol. The molecule has 3 aromatic rings. The molecule has 0 atom stereocenters. The molecule has 2 aromatic heterocycles. The third-order valence-electron chi connectivity index (χ3n) is 4.95. The van der Waals surface area contributed by atoms with E-state index < -0.39 is 5.60 Å². The molecule has 0 radical (unpaired) electrons. The molecule has 1 amide bonds. The van der Waals surface area contributed by atoms with Crippen LogP contribution in [0, 0.1) is 13.8 Å². The van der Waals surface area contributed by atoms with Gasteiger partial charge in [0.05, 0.1) is 26.6 Å². The second-order valence-electron chi connectivity index (χ2n) is 8.45. The van der Waals surface area contributed by atoms with Crippen molar-refractivity contribution in [3.8, 4) is 11.3 Å². The van der Waals surface area contributed by atoms with Crippen molar-refractivity contribution in [1.82, 2.24) is 15.0 Å². The maximum Gasteiger partial charge on any atom is 0.225 e. The van der Waals surface area contributed by atoms with Crippen LogP contribution in [0.3, 0.4) is 0 Å². The fraction of sp³-hybridized carbons (Fsp3) is 0.320. The summed E-state index contributed by atoms with van der Waals surface area (Å²) in [6.45, 7) is 10.9. The van der Waals surface area contributed by atoms with E-state index in [2.05, 4.69) is 35.9 Å². The number of aliphatic hydroxyl groups is 1. The first-order chi connectivity index (χ1) is 16.5. The first-order valence-electron chi connectivity index (χ1n) is 10.9. The molecule has 3 rings (SSSR count). The maximum absolute atomic E-state index is 12.1. The van der Waals surface area contributed by atoms with Crippen molar-refractivity contribution in [2.75, 3.05) is 4.90 Å². The highest BCUT2D eigenvalue weighted by molar-refractivity contribution is 9.11. The molecule has 2 heterocycles. The van der Waals surface area contributed by atoms with E-state index in [1.54, 1.807) is 38.3 Å². The van der Waals surface area contributed by atoms with Gasteiger partial charge in [0, 0.05) is 17.1 Å². The van der Waals surface area contributed by atoms with E-state index in [4.69, 9.17) is 4.74 Å². The molecule has 35 heavy (non-hydrogen) atoms. The molecule has 10 heteroatoms. The smallest absolute Gasteiger partial charge is 0.225 e. The minimum absolute atomic E-state index is 0.270. The number of allylic oxidation sites excluding steroid dienone is 1. The number of hydrogen-bond acceptors (Lipinski definition) is 8. The number of aromatic nitrogens is 3. The van der Waals surface area contributed by atoms with Gasteiger partial charge in [-0.05, 0) is 59.2 Å². The monoisotopic (exact) mass is 557 g/mol. The molecule has 0 unspecified atom stereocenters. The van der Waals surface area contributed by atoms with E-state index in [9.17, 15) is 9.90 Å². The second-order valence-corrected chi connectivity index (χ2v) is 10.7. The van der Waals surface area contributed by atoms with Gasteiger partial charge in [-0.3, -0.25) is 9.69 Å². The highest BCUT2D eigenvalue weighted by atomic mass is 79.9. The Kier molecular flexibility index (Phi) is 8.52. The molecule has 184 valence electrons. The van der Waals surface area contributed by atoms with Crippen LogP contribution in [-0.4, -0.2) is 32.3 Å². The van der Waals surface area contributed by atoms with Crippen molar-refractivity contribution in [3.05, 3.63) is 68.3 Å². The maximum atomic E-state index is 12.1. The lowest BCUT2D eigenvalue weighted by Crippen LogP contribution is -2.27. The Labute approximate surface area is 217 Å². The summed E-state index contributed by atoms with van der Waals surface area (Å²) in [7, 11) is 0. The van der Waals surface area contributed by atoms with E-state index in [1.807, 2.05) is 50.4 Å². The standard InChI is InChI=1S/C25H28BrN5O3S/c1-15-11-27-24(25(5,6)33)30-22(15)19-8-7-9-21(10-19)31(14-32)17(3)28-23(16(2)26)34-12-20-13-35-18(4)29-20/h7-11,13-14,33H,12H2,1-6H3/b23-16-,28-17-. The van der Waals surface area contributed by atoms with Crippen LogP contribution in [0.1, 0.15) is 49.8 Å². The number of nitrogens with zero attached hydrogens (tertiary/aromatic N) is 5. The Bertz CT molecular complexity index is 1280. The number of amides is 1. The highest BCUT2D eigenvalue weighted by Gasteiger charge is 2.21. The number of halogens is 1. The van der Waals surface area contributed by atoms with Gasteiger partial charge in [0.1, 0.15) is 18.0 Å². The number of thiazole rings is 1. The summed E-state index contributed by atoms with van der Waals surface area (Å²) in [5, 5.41) is 13.2. The lowest BCUT2D eigenvalue weighted by atomic mass is 10.0. The zero-order valence-corrected chi connectivity index (χ0v) is 22.9. The third kappa shape index (κ3) is 6.81. The number of benzene rings is 1. The lowest BCUT2D eigenvalue weighted by Gasteiger charge is -2.20. The van der Waals surface area contributed by atoms with Crippen molar-refractivity contribution < 1.29 is 14.6 Å². The number of aryl methyl sites for hydroxylation is 2. The number of aliphatic imine (C=N–C) groups is 1. The molecule has 0 aliphatic heterocycles. The van der Waals surface area contributed by atoms with Gasteiger partial charge in [-0.15, -0.1) is 11.3 Å². The van der Waals surface area contributed by atoms with Gasteiger partial charge >= 0.3 is 0 Å². The largest absolute Gasteiger partial charge is 0.471 e. The Morgan fingerprint density at radius 2 is 2.03 bits per heavy atom. The van der Waals surface area contributed by atoms with Crippen LogP contribution in [0.4, 0.5) is 5.69 Å². The predicted molar refractivity (Wildman–Crippen MR) is 142 cm³/mol. The highest BCUT2D eigenvalue weighted by Crippen LogP contribution is 2.28. The second kappa shape index (κ2) is 11.2. The van der Waals surface area contributed by atoms with Crippen LogP contribution in [-0.2, 0) is 21.7 Å². The van der Waals surface area contributed by atoms with Crippen molar-refractivity contribution in [3.63, 3.8) is 0 Å². The van der Waals surface area contributed by atoms with Gasteiger partial charge in [-0.2, -0.15) is 4.99 Å². The van der Waals surface area contributed by atoms with Crippen LogP contribution < -0.4 is 4.90 Å². The summed E-state index contributed by atoms with van der Waals surface area (Å²) in [6.07, 6.45) is 2.39. The molecule has 8 nitrogen and oxygen atoms in total. The van der Waals surface area contributed by atoms with Gasteiger partial charge in [-0.1, -0.05) is 28.1 Å². The van der Waals surface area contributed by atoms with E-state index in [0.717, 1.165) is 21.8 Å².